The Kier molecular flexibility index (Phi) is 3.41. The Morgan fingerprint density at radius 1 is 1.40 bits per heavy atom. The molecule has 0 aliphatic carbocycles. The molecule has 0 radical (unpaired) electrons. The van der Waals surface area contributed by atoms with Crippen LogP contribution in [0.2, 0.25) is 0 Å². The number of nitrogens with one attached hydrogen (secondary N) is 2. The second-order valence-electron chi connectivity index (χ2n) is 5.35. The van der Waals surface area contributed by atoms with E-state index in [0.29, 0.717) is 17.6 Å². The molecule has 108 valence electrons. The molecular weight excluding hydrogens is 260 g/mol. The SMILES string of the molecule is NNc1ccc([N+](=O)[O-])c(NC2CN3CCC2CC3)n1. The van der Waals surface area contributed by atoms with E-state index in [2.05, 4.69) is 20.6 Å². The first kappa shape index (κ1) is 13.1. The largest absolute Gasteiger partial charge is 0.360 e. The smallest absolute Gasteiger partial charge is 0.311 e. The molecule has 3 saturated heterocycles. The lowest BCUT2D eigenvalue weighted by molar-refractivity contribution is -0.384. The number of piperidine rings is 3. The van der Waals surface area contributed by atoms with Crippen LogP contribution in [0.4, 0.5) is 17.3 Å². The Balaban J connectivity index is 1.83. The molecule has 0 aromatic carbocycles. The lowest BCUT2D eigenvalue weighted by atomic mass is 9.84. The van der Waals surface area contributed by atoms with Gasteiger partial charge in [-0.05, 0) is 37.9 Å². The van der Waals surface area contributed by atoms with Gasteiger partial charge < -0.3 is 15.6 Å². The van der Waals surface area contributed by atoms with Crippen LogP contribution in [0.5, 0.6) is 0 Å². The predicted molar refractivity (Wildman–Crippen MR) is 75.3 cm³/mol. The molecule has 1 aromatic rings. The summed E-state index contributed by atoms with van der Waals surface area (Å²) in [6.07, 6.45) is 2.28. The molecule has 4 N–H and O–H groups in total. The number of pyridine rings is 1. The second-order valence-corrected chi connectivity index (χ2v) is 5.35. The number of hydrogen-bond donors (Lipinski definition) is 3. The lowest BCUT2D eigenvalue weighted by Crippen LogP contribution is -2.53. The third-order valence-corrected chi connectivity index (χ3v) is 4.20. The summed E-state index contributed by atoms with van der Waals surface area (Å²) in [5.41, 5.74) is 2.41. The highest BCUT2D eigenvalue weighted by atomic mass is 16.6. The molecule has 0 saturated carbocycles. The number of hydrazine groups is 1. The number of hydrogen-bond acceptors (Lipinski definition) is 7. The van der Waals surface area contributed by atoms with Crippen LogP contribution in [0, 0.1) is 16.0 Å². The first-order chi connectivity index (χ1) is 9.67. The van der Waals surface area contributed by atoms with Crippen molar-refractivity contribution in [3.8, 4) is 0 Å². The first-order valence-corrected chi connectivity index (χ1v) is 6.78. The van der Waals surface area contributed by atoms with Gasteiger partial charge in [-0.15, -0.1) is 0 Å². The fourth-order valence-corrected chi connectivity index (χ4v) is 3.09. The van der Waals surface area contributed by atoms with Crippen molar-refractivity contribution in [1.29, 1.82) is 0 Å². The molecule has 2 bridgehead atoms. The number of anilines is 2. The highest BCUT2D eigenvalue weighted by molar-refractivity contribution is 5.60. The van der Waals surface area contributed by atoms with Crippen molar-refractivity contribution in [3.63, 3.8) is 0 Å². The second kappa shape index (κ2) is 5.22. The molecule has 8 heteroatoms. The topological polar surface area (TPSA) is 109 Å². The van der Waals surface area contributed by atoms with Crippen molar-refractivity contribution in [2.45, 2.75) is 18.9 Å². The summed E-state index contributed by atoms with van der Waals surface area (Å²) >= 11 is 0. The molecule has 3 fully saturated rings. The van der Waals surface area contributed by atoms with Crippen LogP contribution in [-0.2, 0) is 0 Å². The van der Waals surface area contributed by atoms with Gasteiger partial charge in [-0.1, -0.05) is 0 Å². The first-order valence-electron chi connectivity index (χ1n) is 6.78. The van der Waals surface area contributed by atoms with E-state index in [1.807, 2.05) is 0 Å². The van der Waals surface area contributed by atoms with E-state index in [1.54, 1.807) is 0 Å². The fourth-order valence-electron chi connectivity index (χ4n) is 3.09. The van der Waals surface area contributed by atoms with E-state index >= 15 is 0 Å². The predicted octanol–water partition coefficient (Wildman–Crippen LogP) is 0.781. The minimum Gasteiger partial charge on any atom is -0.360 e. The van der Waals surface area contributed by atoms with Crippen LogP contribution < -0.4 is 16.6 Å². The number of aromatic nitrogens is 1. The van der Waals surface area contributed by atoms with Crippen LogP contribution in [0.25, 0.3) is 0 Å². The standard InChI is InChI=1S/C12H18N6O2/c13-16-11-2-1-10(18(19)20)12(15-11)14-9-7-17-5-3-8(9)4-6-17/h1-2,8-9H,3-7,13H2,(H2,14,15,16). The molecular formula is C12H18N6O2. The molecule has 8 nitrogen and oxygen atoms in total. The molecule has 0 amide bonds. The number of nitrogens with zero attached hydrogens (tertiary/aromatic N) is 3. The van der Waals surface area contributed by atoms with Gasteiger partial charge >= 0.3 is 5.69 Å². The number of fused-ring (bicyclic) bond motifs is 3. The average molecular weight is 278 g/mol. The summed E-state index contributed by atoms with van der Waals surface area (Å²) in [6, 6.07) is 3.14. The van der Waals surface area contributed by atoms with Crippen LogP contribution in [0.15, 0.2) is 12.1 Å². The van der Waals surface area contributed by atoms with E-state index in [1.165, 1.54) is 12.1 Å². The Morgan fingerprint density at radius 2 is 2.15 bits per heavy atom. The van der Waals surface area contributed by atoms with Crippen LogP contribution in [-0.4, -0.2) is 40.5 Å². The molecule has 3 aliphatic heterocycles. The van der Waals surface area contributed by atoms with Gasteiger partial charge in [-0.25, -0.2) is 10.8 Å². The van der Waals surface area contributed by atoms with Gasteiger partial charge in [0.15, 0.2) is 0 Å². The summed E-state index contributed by atoms with van der Waals surface area (Å²) in [7, 11) is 0. The molecule has 20 heavy (non-hydrogen) atoms. The van der Waals surface area contributed by atoms with Crippen molar-refractivity contribution in [1.82, 2.24) is 9.88 Å². The van der Waals surface area contributed by atoms with Crippen LogP contribution in [0.3, 0.4) is 0 Å². The normalized spacial score (nSPS) is 28.1. The Hall–Kier alpha value is -1.93. The molecule has 3 aliphatic rings. The van der Waals surface area contributed by atoms with E-state index in [9.17, 15) is 10.1 Å². The summed E-state index contributed by atoms with van der Waals surface area (Å²) < 4.78 is 0. The highest BCUT2D eigenvalue weighted by Crippen LogP contribution is 2.32. The molecule has 1 atom stereocenters. The van der Waals surface area contributed by atoms with Crippen molar-refractivity contribution in [2.24, 2.45) is 11.8 Å². The van der Waals surface area contributed by atoms with Gasteiger partial charge in [0.05, 0.1) is 4.92 Å². The van der Waals surface area contributed by atoms with Gasteiger partial charge in [0.25, 0.3) is 0 Å². The number of nitrogens with two attached hydrogens (primary N) is 1. The zero-order chi connectivity index (χ0) is 14.1. The van der Waals surface area contributed by atoms with E-state index < -0.39 is 4.92 Å². The van der Waals surface area contributed by atoms with Gasteiger partial charge in [0, 0.05) is 18.7 Å². The van der Waals surface area contributed by atoms with Gasteiger partial charge in [0.1, 0.15) is 5.82 Å². The van der Waals surface area contributed by atoms with Crippen molar-refractivity contribution < 1.29 is 4.92 Å². The van der Waals surface area contributed by atoms with E-state index in [-0.39, 0.29) is 11.7 Å². The minimum atomic E-state index is -0.420. The average Bonchev–Trinajstić information content (AvgIpc) is 2.48. The third-order valence-electron chi connectivity index (χ3n) is 4.20. The summed E-state index contributed by atoms with van der Waals surface area (Å²) in [5.74, 6) is 6.60. The number of rotatable bonds is 4. The lowest BCUT2D eigenvalue weighted by Gasteiger charge is -2.45. The van der Waals surface area contributed by atoms with Crippen molar-refractivity contribution >= 4 is 17.3 Å². The van der Waals surface area contributed by atoms with Gasteiger partial charge in [-0.2, -0.15) is 0 Å². The molecule has 1 unspecified atom stereocenters. The van der Waals surface area contributed by atoms with Gasteiger partial charge in [-0.3, -0.25) is 10.1 Å². The minimum absolute atomic E-state index is 0.0135. The van der Waals surface area contributed by atoms with Gasteiger partial charge in [0.2, 0.25) is 5.82 Å². The summed E-state index contributed by atoms with van der Waals surface area (Å²) in [5, 5.41) is 14.3. The summed E-state index contributed by atoms with van der Waals surface area (Å²) in [6.45, 7) is 3.18. The zero-order valence-electron chi connectivity index (χ0n) is 11.1. The summed E-state index contributed by atoms with van der Waals surface area (Å²) in [4.78, 5) is 17.2. The monoisotopic (exact) mass is 278 g/mol. The molecule has 1 aromatic heterocycles. The quantitative estimate of drug-likeness (QED) is 0.424. The zero-order valence-corrected chi connectivity index (χ0v) is 11.1. The number of nitro groups is 1. The molecule has 4 rings (SSSR count). The van der Waals surface area contributed by atoms with Crippen molar-refractivity contribution in [3.05, 3.63) is 22.2 Å². The fraction of sp³-hybridized carbons (Fsp3) is 0.583. The molecule has 4 heterocycles. The van der Waals surface area contributed by atoms with E-state index in [0.717, 1.165) is 32.5 Å². The maximum absolute atomic E-state index is 11.1. The Labute approximate surface area is 116 Å². The van der Waals surface area contributed by atoms with E-state index in [4.69, 9.17) is 5.84 Å². The highest BCUT2D eigenvalue weighted by Gasteiger charge is 2.35. The maximum atomic E-state index is 11.1. The van der Waals surface area contributed by atoms with Crippen LogP contribution in [0.1, 0.15) is 12.8 Å². The molecule has 0 spiro atoms. The maximum Gasteiger partial charge on any atom is 0.311 e. The van der Waals surface area contributed by atoms with Crippen molar-refractivity contribution in [2.75, 3.05) is 30.4 Å². The third kappa shape index (κ3) is 2.39. The number of nitrogen functional groups attached to an aromatic ring is 1. The Bertz CT molecular complexity index is 515. The Morgan fingerprint density at radius 3 is 2.70 bits per heavy atom. The van der Waals surface area contributed by atoms with Crippen LogP contribution >= 0.6 is 0 Å².